The van der Waals surface area contributed by atoms with Crippen LogP contribution in [0.1, 0.15) is 45.7 Å². The summed E-state index contributed by atoms with van der Waals surface area (Å²) in [6, 6.07) is 11.3. The molecule has 1 aromatic heterocycles. The van der Waals surface area contributed by atoms with Crippen LogP contribution in [-0.4, -0.2) is 53.9 Å². The smallest absolute Gasteiger partial charge is 0.264 e. The van der Waals surface area contributed by atoms with Crippen molar-refractivity contribution in [3.8, 4) is 5.75 Å². The van der Waals surface area contributed by atoms with Crippen molar-refractivity contribution in [3.63, 3.8) is 0 Å². The van der Waals surface area contributed by atoms with E-state index in [1.807, 2.05) is 51.6 Å². The number of thiophene rings is 1. The quantitative estimate of drug-likeness (QED) is 0.790. The van der Waals surface area contributed by atoms with Gasteiger partial charge in [-0.05, 0) is 61.4 Å². The van der Waals surface area contributed by atoms with Crippen LogP contribution in [0.15, 0.2) is 41.8 Å². The normalized spacial score (nSPS) is 19.5. The number of benzene rings is 1. The lowest BCUT2D eigenvalue weighted by molar-refractivity contribution is 0.0695. The molecule has 2 aromatic rings. The minimum Gasteiger partial charge on any atom is -0.491 e. The fourth-order valence-electron chi connectivity index (χ4n) is 3.81. The first kappa shape index (κ1) is 18.0. The second kappa shape index (κ2) is 8.13. The molecule has 2 amide bonds. The lowest BCUT2D eigenvalue weighted by Crippen LogP contribution is -2.38. The van der Waals surface area contributed by atoms with E-state index in [0.717, 1.165) is 55.9 Å². The predicted molar refractivity (Wildman–Crippen MR) is 105 cm³/mol. The van der Waals surface area contributed by atoms with Crippen LogP contribution in [0, 0.1) is 0 Å². The molecule has 3 heterocycles. The highest BCUT2D eigenvalue weighted by atomic mass is 32.1. The molecule has 2 aliphatic heterocycles. The van der Waals surface area contributed by atoms with E-state index in [1.54, 1.807) is 0 Å². The SMILES string of the molecule is O=C(c1ccc(OC[C@H]2CCCN2C(=O)c2cccs2)cc1)N1CCCC1. The summed E-state index contributed by atoms with van der Waals surface area (Å²) in [5.74, 6) is 0.939. The number of hydrogen-bond acceptors (Lipinski definition) is 4. The first-order valence-corrected chi connectivity index (χ1v) is 10.5. The van der Waals surface area contributed by atoms with Crippen molar-refractivity contribution in [2.75, 3.05) is 26.2 Å². The molecule has 0 spiro atoms. The number of ether oxygens (including phenoxy) is 1. The maximum absolute atomic E-state index is 12.6. The molecule has 5 nitrogen and oxygen atoms in total. The van der Waals surface area contributed by atoms with Gasteiger partial charge in [0.05, 0.1) is 10.9 Å². The maximum Gasteiger partial charge on any atom is 0.264 e. The van der Waals surface area contributed by atoms with Gasteiger partial charge in [0, 0.05) is 25.2 Å². The van der Waals surface area contributed by atoms with Gasteiger partial charge in [-0.25, -0.2) is 0 Å². The third-order valence-electron chi connectivity index (χ3n) is 5.31. The van der Waals surface area contributed by atoms with Gasteiger partial charge in [0.15, 0.2) is 0 Å². The zero-order valence-electron chi connectivity index (χ0n) is 15.3. The van der Waals surface area contributed by atoms with Gasteiger partial charge in [-0.2, -0.15) is 0 Å². The number of likely N-dealkylation sites (tertiary alicyclic amines) is 2. The minimum absolute atomic E-state index is 0.0996. The van der Waals surface area contributed by atoms with Crippen LogP contribution in [0.5, 0.6) is 5.75 Å². The Balaban J connectivity index is 1.34. The lowest BCUT2D eigenvalue weighted by atomic mass is 10.2. The summed E-state index contributed by atoms with van der Waals surface area (Å²) in [4.78, 5) is 29.6. The van der Waals surface area contributed by atoms with Gasteiger partial charge in [-0.3, -0.25) is 9.59 Å². The maximum atomic E-state index is 12.6. The van der Waals surface area contributed by atoms with Crippen molar-refractivity contribution in [1.29, 1.82) is 0 Å². The van der Waals surface area contributed by atoms with Crippen molar-refractivity contribution >= 4 is 23.2 Å². The van der Waals surface area contributed by atoms with E-state index in [2.05, 4.69) is 0 Å². The molecular formula is C21H24N2O3S. The van der Waals surface area contributed by atoms with E-state index in [-0.39, 0.29) is 17.9 Å². The van der Waals surface area contributed by atoms with Gasteiger partial charge in [-0.15, -0.1) is 11.3 Å². The molecule has 2 aliphatic rings. The first-order valence-electron chi connectivity index (χ1n) is 9.59. The second-order valence-electron chi connectivity index (χ2n) is 7.11. The van der Waals surface area contributed by atoms with Crippen molar-refractivity contribution in [1.82, 2.24) is 9.80 Å². The van der Waals surface area contributed by atoms with Crippen LogP contribution in [0.25, 0.3) is 0 Å². The molecule has 0 aliphatic carbocycles. The number of nitrogens with zero attached hydrogens (tertiary/aromatic N) is 2. The standard InChI is InChI=1S/C21H24N2O3S/c24-20(22-11-1-2-12-22)16-7-9-18(10-8-16)26-15-17-5-3-13-23(17)21(25)19-6-4-14-27-19/h4,6-10,14,17H,1-3,5,11-13,15H2/t17-/m1/s1. The van der Waals surface area contributed by atoms with Gasteiger partial charge < -0.3 is 14.5 Å². The number of hydrogen-bond donors (Lipinski definition) is 0. The Kier molecular flexibility index (Phi) is 5.43. The fraction of sp³-hybridized carbons (Fsp3) is 0.429. The van der Waals surface area contributed by atoms with Gasteiger partial charge in [0.25, 0.3) is 11.8 Å². The third kappa shape index (κ3) is 4.00. The van der Waals surface area contributed by atoms with Gasteiger partial charge in [-0.1, -0.05) is 6.07 Å². The Morgan fingerprint density at radius 2 is 1.78 bits per heavy atom. The molecular weight excluding hydrogens is 360 g/mol. The van der Waals surface area contributed by atoms with E-state index < -0.39 is 0 Å². The van der Waals surface area contributed by atoms with E-state index >= 15 is 0 Å². The van der Waals surface area contributed by atoms with Crippen molar-refractivity contribution in [2.24, 2.45) is 0 Å². The molecule has 1 aromatic carbocycles. The topological polar surface area (TPSA) is 49.9 Å². The monoisotopic (exact) mass is 384 g/mol. The summed E-state index contributed by atoms with van der Waals surface area (Å²) in [6.07, 6.45) is 4.15. The summed E-state index contributed by atoms with van der Waals surface area (Å²) in [7, 11) is 0. The Hall–Kier alpha value is -2.34. The Morgan fingerprint density at radius 3 is 2.48 bits per heavy atom. The molecule has 2 fully saturated rings. The molecule has 0 unspecified atom stereocenters. The van der Waals surface area contributed by atoms with E-state index in [0.29, 0.717) is 12.2 Å². The Labute approximate surface area is 163 Å². The highest BCUT2D eigenvalue weighted by Gasteiger charge is 2.30. The molecule has 4 rings (SSSR count). The zero-order chi connectivity index (χ0) is 18.6. The summed E-state index contributed by atoms with van der Waals surface area (Å²) < 4.78 is 5.93. The first-order chi connectivity index (χ1) is 13.2. The van der Waals surface area contributed by atoms with Crippen LogP contribution in [0.4, 0.5) is 0 Å². The summed E-state index contributed by atoms with van der Waals surface area (Å²) in [6.45, 7) is 2.98. The second-order valence-corrected chi connectivity index (χ2v) is 8.05. The minimum atomic E-state index is 0.0996. The van der Waals surface area contributed by atoms with Gasteiger partial charge >= 0.3 is 0 Å². The molecule has 0 bridgehead atoms. The van der Waals surface area contributed by atoms with Crippen LogP contribution >= 0.6 is 11.3 Å². The molecule has 27 heavy (non-hydrogen) atoms. The third-order valence-corrected chi connectivity index (χ3v) is 6.16. The molecule has 6 heteroatoms. The average molecular weight is 385 g/mol. The number of rotatable bonds is 5. The largest absolute Gasteiger partial charge is 0.491 e. The Bertz CT molecular complexity index is 782. The van der Waals surface area contributed by atoms with E-state index in [4.69, 9.17) is 4.74 Å². The predicted octanol–water partition coefficient (Wildman–Crippen LogP) is 3.67. The van der Waals surface area contributed by atoms with Crippen molar-refractivity contribution in [2.45, 2.75) is 31.7 Å². The molecule has 1 atom stereocenters. The molecule has 2 saturated heterocycles. The van der Waals surface area contributed by atoms with Gasteiger partial charge in [0.2, 0.25) is 0 Å². The van der Waals surface area contributed by atoms with Crippen molar-refractivity contribution < 1.29 is 14.3 Å². The summed E-state index contributed by atoms with van der Waals surface area (Å²) in [5.41, 5.74) is 0.708. The van der Waals surface area contributed by atoms with Crippen molar-refractivity contribution in [3.05, 3.63) is 52.2 Å². The zero-order valence-corrected chi connectivity index (χ0v) is 16.1. The number of amides is 2. The summed E-state index contributed by atoms with van der Waals surface area (Å²) >= 11 is 1.48. The fourth-order valence-corrected chi connectivity index (χ4v) is 4.49. The van der Waals surface area contributed by atoms with Crippen LogP contribution < -0.4 is 4.74 Å². The van der Waals surface area contributed by atoms with Crippen LogP contribution in [-0.2, 0) is 0 Å². The molecule has 0 radical (unpaired) electrons. The van der Waals surface area contributed by atoms with Gasteiger partial charge in [0.1, 0.15) is 12.4 Å². The van der Waals surface area contributed by atoms with Crippen LogP contribution in [0.2, 0.25) is 0 Å². The number of carbonyl (C=O) groups excluding carboxylic acids is 2. The Morgan fingerprint density at radius 1 is 1.00 bits per heavy atom. The lowest BCUT2D eigenvalue weighted by Gasteiger charge is -2.24. The molecule has 0 saturated carbocycles. The highest BCUT2D eigenvalue weighted by Crippen LogP contribution is 2.23. The summed E-state index contributed by atoms with van der Waals surface area (Å²) in [5, 5.41) is 1.93. The molecule has 0 N–H and O–H groups in total. The average Bonchev–Trinajstić information content (AvgIpc) is 3.48. The van der Waals surface area contributed by atoms with E-state index in [1.165, 1.54) is 11.3 Å². The molecule has 142 valence electrons. The number of carbonyl (C=O) groups is 2. The van der Waals surface area contributed by atoms with E-state index in [9.17, 15) is 9.59 Å². The highest BCUT2D eigenvalue weighted by molar-refractivity contribution is 7.12. The van der Waals surface area contributed by atoms with Crippen LogP contribution in [0.3, 0.4) is 0 Å².